The maximum absolute atomic E-state index is 11.2. The van der Waals surface area contributed by atoms with Crippen LogP contribution in [0.5, 0.6) is 0 Å². The molecule has 0 atom stereocenters. The first-order valence-corrected chi connectivity index (χ1v) is 9.39. The van der Waals surface area contributed by atoms with Crippen molar-refractivity contribution in [2.75, 3.05) is 31.9 Å². The number of esters is 2. The molecular formula is C22H26IrN5O5-. The molecule has 4 N–H and O–H groups in total. The Morgan fingerprint density at radius 1 is 1.06 bits per heavy atom. The van der Waals surface area contributed by atoms with Crippen LogP contribution >= 0.6 is 0 Å². The van der Waals surface area contributed by atoms with E-state index in [4.69, 9.17) is 0 Å². The second-order valence-corrected chi connectivity index (χ2v) is 6.17. The van der Waals surface area contributed by atoms with Crippen LogP contribution in [0, 0.1) is 0 Å². The number of ether oxygens (including phenoxy) is 2. The molecule has 179 valence electrons. The van der Waals surface area contributed by atoms with Gasteiger partial charge in [0.25, 0.3) is 0 Å². The predicted molar refractivity (Wildman–Crippen MR) is 122 cm³/mol. The average molecular weight is 633 g/mol. The molecule has 0 unspecified atom stereocenters. The summed E-state index contributed by atoms with van der Waals surface area (Å²) < 4.78 is 9.19. The zero-order valence-corrected chi connectivity index (χ0v) is 20.9. The molecule has 33 heavy (non-hydrogen) atoms. The molecule has 1 amide bonds. The molecule has 0 aliphatic heterocycles. The number of rotatable bonds is 7. The summed E-state index contributed by atoms with van der Waals surface area (Å²) in [7, 11) is 4.45. The number of hydrogen-bond acceptors (Lipinski definition) is 8. The van der Waals surface area contributed by atoms with Crippen molar-refractivity contribution < 1.29 is 44.0 Å². The monoisotopic (exact) mass is 633 g/mol. The molecule has 2 heterocycles. The normalized spacial score (nSPS) is 9.18. The fourth-order valence-corrected chi connectivity index (χ4v) is 2.85. The number of anilines is 2. The number of carbonyl (C=O) groups excluding carboxylic acids is 3. The Bertz CT molecular complexity index is 1060. The second kappa shape index (κ2) is 15.4. The number of pyridine rings is 2. The van der Waals surface area contributed by atoms with E-state index in [0.717, 1.165) is 22.2 Å². The van der Waals surface area contributed by atoms with Gasteiger partial charge in [0.1, 0.15) is 5.56 Å². The molecule has 1 aromatic carbocycles. The predicted octanol–water partition coefficient (Wildman–Crippen LogP) is 3.53. The number of carbonyl (C=O) groups is 3. The standard InChI is InChI=1S/C14H14N2O3.C8H10N2O2.Ir.H2N/c1-19-13(18)7-5-10-4-6-12(16-9-17)14-11(10)3-2-8-15-14;1-9-7-3-4-10-5-6(7)8(11)12-2;;/h2-4,6,8-9H,5,7H2,1H3,(H,16,17);3-5H,1-2H3,(H,9,10);;1H2/q;;;-1. The SMILES string of the molecule is CNc1ccncc1C(=O)OC.COC(=O)CCc1ccc(NC=O)c2ncccc12.[Ir].[NH2-]. The molecule has 11 heteroatoms. The fraction of sp³-hybridized carbons (Fsp3) is 0.227. The molecule has 0 fully saturated rings. The third kappa shape index (κ3) is 8.23. The van der Waals surface area contributed by atoms with Crippen LogP contribution in [0.1, 0.15) is 22.3 Å². The fourth-order valence-electron chi connectivity index (χ4n) is 2.85. The Hall–Kier alpha value is -3.40. The molecule has 10 nitrogen and oxygen atoms in total. The zero-order chi connectivity index (χ0) is 22.6. The number of nitrogens with zero attached hydrogens (tertiary/aromatic N) is 2. The molecule has 0 spiro atoms. The molecule has 0 bridgehead atoms. The number of methoxy groups -OCH3 is 2. The van der Waals surface area contributed by atoms with Gasteiger partial charge in [0.2, 0.25) is 6.41 Å². The van der Waals surface area contributed by atoms with Crippen LogP contribution in [-0.2, 0) is 45.6 Å². The van der Waals surface area contributed by atoms with Gasteiger partial charge >= 0.3 is 11.9 Å². The van der Waals surface area contributed by atoms with Crippen LogP contribution in [0.2, 0.25) is 0 Å². The first-order chi connectivity index (χ1) is 15.0. The Morgan fingerprint density at radius 2 is 1.82 bits per heavy atom. The quantitative estimate of drug-likeness (QED) is 0.296. The average Bonchev–Trinajstić information content (AvgIpc) is 2.83. The van der Waals surface area contributed by atoms with E-state index in [1.54, 1.807) is 31.6 Å². The third-order valence-corrected chi connectivity index (χ3v) is 4.40. The number of amides is 1. The second-order valence-electron chi connectivity index (χ2n) is 6.17. The van der Waals surface area contributed by atoms with E-state index in [1.165, 1.54) is 20.4 Å². The summed E-state index contributed by atoms with van der Waals surface area (Å²) >= 11 is 0. The molecule has 0 saturated carbocycles. The number of fused-ring (bicyclic) bond motifs is 1. The Balaban J connectivity index is 0.000000640. The van der Waals surface area contributed by atoms with Crippen molar-refractivity contribution >= 4 is 40.6 Å². The minimum Gasteiger partial charge on any atom is -0.693 e. The number of aromatic nitrogens is 2. The molecule has 3 rings (SSSR count). The van der Waals surface area contributed by atoms with Gasteiger partial charge in [0.15, 0.2) is 0 Å². The van der Waals surface area contributed by atoms with Gasteiger partial charge in [-0.3, -0.25) is 19.6 Å². The first-order valence-electron chi connectivity index (χ1n) is 9.39. The van der Waals surface area contributed by atoms with Crippen molar-refractivity contribution in [2.24, 2.45) is 0 Å². The maximum atomic E-state index is 11.2. The summed E-state index contributed by atoms with van der Waals surface area (Å²) in [5.74, 6) is -0.625. The third-order valence-electron chi connectivity index (χ3n) is 4.40. The molecular weight excluding hydrogens is 606 g/mol. The molecule has 0 aliphatic rings. The van der Waals surface area contributed by atoms with Gasteiger partial charge in [0, 0.05) is 57.6 Å². The van der Waals surface area contributed by atoms with Crippen LogP contribution < -0.4 is 10.6 Å². The van der Waals surface area contributed by atoms with E-state index >= 15 is 0 Å². The topological polar surface area (TPSA) is 153 Å². The van der Waals surface area contributed by atoms with Gasteiger partial charge in [-0.2, -0.15) is 0 Å². The zero-order valence-electron chi connectivity index (χ0n) is 18.5. The van der Waals surface area contributed by atoms with Crippen molar-refractivity contribution in [1.29, 1.82) is 0 Å². The van der Waals surface area contributed by atoms with E-state index in [2.05, 4.69) is 30.1 Å². The Labute approximate surface area is 205 Å². The maximum Gasteiger partial charge on any atom is 0.341 e. The molecule has 1 radical (unpaired) electrons. The number of hydrogen-bond donors (Lipinski definition) is 2. The van der Waals surface area contributed by atoms with Crippen LogP contribution in [0.15, 0.2) is 48.9 Å². The number of nitrogens with two attached hydrogens (primary N) is 1. The van der Waals surface area contributed by atoms with Gasteiger partial charge in [-0.05, 0) is 30.2 Å². The number of aryl methyl sites for hydroxylation is 1. The number of benzene rings is 1. The molecule has 0 saturated heterocycles. The van der Waals surface area contributed by atoms with Gasteiger partial charge in [-0.1, -0.05) is 12.1 Å². The summed E-state index contributed by atoms with van der Waals surface area (Å²) in [4.78, 5) is 40.9. The van der Waals surface area contributed by atoms with E-state index in [0.29, 0.717) is 30.5 Å². The molecule has 3 aromatic rings. The van der Waals surface area contributed by atoms with Gasteiger partial charge in [-0.25, -0.2) is 4.79 Å². The van der Waals surface area contributed by atoms with Crippen molar-refractivity contribution in [2.45, 2.75) is 12.8 Å². The summed E-state index contributed by atoms with van der Waals surface area (Å²) in [5, 5.41) is 6.42. The molecule has 0 aliphatic carbocycles. The van der Waals surface area contributed by atoms with Crippen molar-refractivity contribution in [1.82, 2.24) is 9.97 Å². The summed E-state index contributed by atoms with van der Waals surface area (Å²) in [5.41, 5.74) is 3.55. The Morgan fingerprint density at radius 3 is 2.45 bits per heavy atom. The summed E-state index contributed by atoms with van der Waals surface area (Å²) in [6.07, 6.45) is 6.27. The van der Waals surface area contributed by atoms with E-state index in [1.807, 2.05) is 18.2 Å². The van der Waals surface area contributed by atoms with Gasteiger partial charge < -0.3 is 26.3 Å². The van der Waals surface area contributed by atoms with Crippen LogP contribution in [-0.4, -0.2) is 49.6 Å². The molecule has 2 aromatic heterocycles. The van der Waals surface area contributed by atoms with E-state index in [-0.39, 0.29) is 38.2 Å². The van der Waals surface area contributed by atoms with Gasteiger partial charge in [0.05, 0.1) is 31.1 Å². The Kier molecular flexibility index (Phi) is 13.8. The van der Waals surface area contributed by atoms with Crippen molar-refractivity contribution in [3.05, 3.63) is 66.2 Å². The largest absolute Gasteiger partial charge is 0.693 e. The van der Waals surface area contributed by atoms with Crippen LogP contribution in [0.4, 0.5) is 11.4 Å². The van der Waals surface area contributed by atoms with Crippen molar-refractivity contribution in [3.8, 4) is 0 Å². The van der Waals surface area contributed by atoms with Crippen LogP contribution in [0.3, 0.4) is 0 Å². The summed E-state index contributed by atoms with van der Waals surface area (Å²) in [6, 6.07) is 9.14. The number of nitrogens with one attached hydrogen (secondary N) is 2. The van der Waals surface area contributed by atoms with E-state index in [9.17, 15) is 14.4 Å². The minimum absolute atomic E-state index is 0. The smallest absolute Gasteiger partial charge is 0.341 e. The minimum atomic E-state index is -0.382. The summed E-state index contributed by atoms with van der Waals surface area (Å²) in [6.45, 7) is 0. The van der Waals surface area contributed by atoms with Gasteiger partial charge in [-0.15, -0.1) is 0 Å². The first kappa shape index (κ1) is 29.6. The van der Waals surface area contributed by atoms with E-state index < -0.39 is 0 Å². The van der Waals surface area contributed by atoms with Crippen LogP contribution in [0.25, 0.3) is 17.1 Å². The van der Waals surface area contributed by atoms with Crippen molar-refractivity contribution in [3.63, 3.8) is 0 Å².